The third-order valence-electron chi connectivity index (χ3n) is 17.2. The number of aromatic amines is 1. The average Bonchev–Trinajstić information content (AvgIpc) is 1.34. The first-order valence-corrected chi connectivity index (χ1v) is 36.3. The highest BCUT2D eigenvalue weighted by Crippen LogP contribution is 2.15. The van der Waals surface area contributed by atoms with Gasteiger partial charge in [0.05, 0.1) is 63.1 Å². The summed E-state index contributed by atoms with van der Waals surface area (Å²) in [6.07, 6.45) is -5.37. The van der Waals surface area contributed by atoms with Gasteiger partial charge in [0.15, 0.2) is 0 Å². The highest BCUT2D eigenvalue weighted by Gasteiger charge is 2.40. The molecule has 0 bridgehead atoms. The first-order chi connectivity index (χ1) is 54.5. The number of carboxylic acids is 4. The van der Waals surface area contributed by atoms with Gasteiger partial charge in [0.1, 0.15) is 84.3 Å². The van der Waals surface area contributed by atoms with E-state index in [0.29, 0.717) is 16.8 Å². The van der Waals surface area contributed by atoms with Gasteiger partial charge in [-0.25, -0.2) is 9.78 Å². The van der Waals surface area contributed by atoms with E-state index in [0.717, 1.165) is 13.8 Å². The number of aromatic hydroxyl groups is 1. The Morgan fingerprint density at radius 3 is 1.28 bits per heavy atom. The molecule has 0 aliphatic rings. The van der Waals surface area contributed by atoms with Crippen molar-refractivity contribution in [3.05, 3.63) is 83.9 Å². The van der Waals surface area contributed by atoms with Crippen molar-refractivity contribution >= 4 is 107 Å². The van der Waals surface area contributed by atoms with Crippen molar-refractivity contribution in [2.45, 2.75) is 203 Å². The van der Waals surface area contributed by atoms with Crippen molar-refractivity contribution in [3.63, 3.8) is 0 Å². The summed E-state index contributed by atoms with van der Waals surface area (Å²) in [6.45, 7) is 4.50. The molecule has 0 aliphatic heterocycles. The van der Waals surface area contributed by atoms with Crippen molar-refractivity contribution in [3.8, 4) is 5.75 Å². The van der Waals surface area contributed by atoms with Gasteiger partial charge in [-0.2, -0.15) is 0 Å². The smallest absolute Gasteiger partial charge is 0.326 e. The first-order valence-electron chi connectivity index (χ1n) is 36.3. The molecule has 0 fully saturated rings. The Bertz CT molecular complexity index is 3890. The molecule has 0 saturated carbocycles. The van der Waals surface area contributed by atoms with E-state index in [2.05, 4.69) is 73.8 Å². The van der Waals surface area contributed by atoms with Crippen LogP contribution >= 0.6 is 0 Å². The fourth-order valence-corrected chi connectivity index (χ4v) is 10.8. The Labute approximate surface area is 662 Å². The number of nitrogens with two attached hydrogens (primary N) is 1. The van der Waals surface area contributed by atoms with E-state index in [4.69, 9.17) is 10.8 Å². The van der Waals surface area contributed by atoms with Crippen LogP contribution in [0.1, 0.15) is 104 Å². The second-order valence-electron chi connectivity index (χ2n) is 27.7. The van der Waals surface area contributed by atoms with E-state index in [1.54, 1.807) is 32.0 Å². The van der Waals surface area contributed by atoms with E-state index >= 15 is 0 Å². The lowest BCUT2D eigenvalue weighted by Crippen LogP contribution is -2.63. The molecule has 1 heterocycles. The number of aliphatic hydroxyl groups is 5. The molecule has 0 aliphatic carbocycles. The van der Waals surface area contributed by atoms with E-state index in [-0.39, 0.29) is 24.5 Å². The number of phenols is 1. The van der Waals surface area contributed by atoms with Gasteiger partial charge in [-0.3, -0.25) is 81.5 Å². The predicted octanol–water partition coefficient (Wildman–Crippen LogP) is -9.36. The lowest BCUT2D eigenvalue weighted by Gasteiger charge is -2.29. The molecule has 116 heavy (non-hydrogen) atoms. The van der Waals surface area contributed by atoms with Crippen LogP contribution in [-0.4, -0.2) is 291 Å². The molecule has 1 aromatic heterocycles. The summed E-state index contributed by atoms with van der Waals surface area (Å²) in [4.78, 5) is 245. The first kappa shape index (κ1) is 97.9. The van der Waals surface area contributed by atoms with Crippen LogP contribution in [0.3, 0.4) is 0 Å². The van der Waals surface area contributed by atoms with Crippen molar-refractivity contribution < 1.29 is 137 Å². The van der Waals surface area contributed by atoms with Crippen molar-refractivity contribution in [2.75, 3.05) is 26.4 Å². The Hall–Kier alpha value is -12.3. The molecule has 45 heteroatoms. The monoisotopic (exact) mass is 1640 g/mol. The fraction of sp³-hybridized carbons (Fsp3) is 0.535. The minimum absolute atomic E-state index is 0.0134. The number of H-pyrrole nitrogens is 1. The normalized spacial score (nSPS) is 15.3. The highest BCUT2D eigenvalue weighted by molar-refractivity contribution is 6.01. The topological polar surface area (TPSA) is 733 Å². The third kappa shape index (κ3) is 34.2. The van der Waals surface area contributed by atoms with Crippen LogP contribution in [0.2, 0.25) is 0 Å². The number of aromatic nitrogens is 2. The van der Waals surface area contributed by atoms with Crippen LogP contribution in [0.5, 0.6) is 5.75 Å². The molecule has 14 amide bonds. The van der Waals surface area contributed by atoms with Gasteiger partial charge in [0, 0.05) is 38.3 Å². The number of benzene rings is 2. The number of hydrogen-bond donors (Lipinski definition) is 26. The summed E-state index contributed by atoms with van der Waals surface area (Å²) in [7, 11) is 0. The van der Waals surface area contributed by atoms with Gasteiger partial charge in [-0.15, -0.1) is 0 Å². The molecule has 0 radical (unpaired) electrons. The standard InChI is InChI=1S/C71H103N17O28/c1-32(2)21-44(61(105)78-43(71(115)116)18-20-53(98)99)79-62(106)45(23-38-13-15-40(94)16-14-38)80-65(109)48(28-89)83-67(111)50(30-91)84-68(112)55(33(3)4)87-64(108)47(25-54(100)101)81-66(110)49(29-90)85-70(114)57(36(7)93)88-63(107)46(22-37-11-9-8-10-12-37)82-69(113)56(35(6)92)86-51(95)27-74-60(104)42(17-19-52(96)97)77-58(102)34(5)76-59(103)41(72)24-39-26-73-31-75-39/h8-16,26,31-36,41-50,55-57,89-94H,17-25,27-30,72H2,1-7H3,(H,73,75)(H,74,104)(H,76,103)(H,77,102)(H,78,105)(H,79,106)(H,80,109)(H,81,110)(H,82,113)(H,83,111)(H,84,112)(H,85,114)(H,86,95)(H,87,108)(H,88,107)(H,96,97)(H,98,99)(H,100,101)(H,115,116)/t34-,35+,36+,41-,42-,43-,44-,45-,46-,47-,48-,49-,50-,55-,56-,57-/m0/s1. The number of carbonyl (C=O) groups is 18. The number of aliphatic carboxylic acids is 4. The van der Waals surface area contributed by atoms with Crippen molar-refractivity contribution in [1.29, 1.82) is 0 Å². The average molecular weight is 1640 g/mol. The molecule has 2 aromatic carbocycles. The number of imidazole rings is 1. The van der Waals surface area contributed by atoms with Crippen LogP contribution in [0, 0.1) is 11.8 Å². The minimum Gasteiger partial charge on any atom is -0.508 e. The highest BCUT2D eigenvalue weighted by atomic mass is 16.4. The largest absolute Gasteiger partial charge is 0.508 e. The Morgan fingerprint density at radius 2 is 0.819 bits per heavy atom. The maximum Gasteiger partial charge on any atom is 0.326 e. The molecule has 27 N–H and O–H groups in total. The maximum absolute atomic E-state index is 14.2. The number of phenolic OH excluding ortho intramolecular Hbond substituents is 1. The van der Waals surface area contributed by atoms with E-state index in [1.165, 1.54) is 69.7 Å². The van der Waals surface area contributed by atoms with E-state index < -0.39 is 281 Å². The molecule has 0 saturated heterocycles. The summed E-state index contributed by atoms with van der Waals surface area (Å²) < 4.78 is 0. The van der Waals surface area contributed by atoms with Gasteiger partial charge in [-0.05, 0) is 75.1 Å². The fourth-order valence-electron chi connectivity index (χ4n) is 10.8. The van der Waals surface area contributed by atoms with Crippen LogP contribution in [0.4, 0.5) is 0 Å². The van der Waals surface area contributed by atoms with Crippen molar-refractivity contribution in [2.24, 2.45) is 17.6 Å². The molecule has 640 valence electrons. The van der Waals surface area contributed by atoms with Gasteiger partial charge in [0.2, 0.25) is 82.7 Å². The summed E-state index contributed by atoms with van der Waals surface area (Å²) in [5.41, 5.74) is 7.02. The van der Waals surface area contributed by atoms with Crippen LogP contribution in [0.15, 0.2) is 67.1 Å². The lowest BCUT2D eigenvalue weighted by atomic mass is 10.00. The van der Waals surface area contributed by atoms with Gasteiger partial charge in [0.25, 0.3) is 0 Å². The second kappa shape index (κ2) is 48.7. The number of hydrogen-bond acceptors (Lipinski definition) is 26. The number of nitrogens with one attached hydrogen (secondary N) is 15. The number of carbonyl (C=O) groups excluding carboxylic acids is 14. The number of carboxylic acid groups (broad SMARTS) is 4. The quantitative estimate of drug-likeness (QED) is 0.0250. The number of nitrogens with zero attached hydrogens (tertiary/aromatic N) is 1. The van der Waals surface area contributed by atoms with E-state index in [9.17, 15) is 132 Å². The molecule has 0 spiro atoms. The molecular formula is C71H103N17O28. The predicted molar refractivity (Wildman–Crippen MR) is 399 cm³/mol. The van der Waals surface area contributed by atoms with Crippen molar-refractivity contribution in [1.82, 2.24) is 84.4 Å². The number of amides is 14. The Balaban J connectivity index is 1.78. The van der Waals surface area contributed by atoms with E-state index in [1.807, 2.05) is 10.6 Å². The van der Waals surface area contributed by atoms with Crippen LogP contribution in [-0.2, 0) is 106 Å². The zero-order chi connectivity index (χ0) is 87.4. The molecule has 0 unspecified atom stereocenters. The van der Waals surface area contributed by atoms with Crippen LogP contribution in [0.25, 0.3) is 0 Å². The van der Waals surface area contributed by atoms with Gasteiger partial charge in [-0.1, -0.05) is 70.2 Å². The number of aliphatic hydroxyl groups excluding tert-OH is 5. The molecule has 3 aromatic rings. The zero-order valence-corrected chi connectivity index (χ0v) is 64.3. The molecule has 45 nitrogen and oxygen atoms in total. The Kier molecular flexibility index (Phi) is 41.1. The minimum atomic E-state index is -2.17. The molecular weight excluding hydrogens is 1540 g/mol. The summed E-state index contributed by atoms with van der Waals surface area (Å²) in [6, 6.07) is -12.0. The molecule has 16 atom stereocenters. The molecule has 3 rings (SSSR count). The number of rotatable bonds is 51. The zero-order valence-electron chi connectivity index (χ0n) is 64.3. The third-order valence-corrected chi connectivity index (χ3v) is 17.2. The van der Waals surface area contributed by atoms with Crippen LogP contribution < -0.4 is 80.2 Å². The van der Waals surface area contributed by atoms with Gasteiger partial charge >= 0.3 is 23.9 Å². The summed E-state index contributed by atoms with van der Waals surface area (Å²) in [5.74, 6) is -24.5. The Morgan fingerprint density at radius 1 is 0.414 bits per heavy atom. The summed E-state index contributed by atoms with van der Waals surface area (Å²) >= 11 is 0. The SMILES string of the molecule is CC(C)C[C@H](NC(=O)[C@H](Cc1ccc(O)cc1)NC(=O)[C@H](CO)NC(=O)[C@H](CO)NC(=O)[C@@H](NC(=O)[C@H](CC(=O)O)NC(=O)[C@H](CO)NC(=O)[C@@H](NC(=O)[C@H](Cc1ccccc1)NC(=O)[C@@H](NC(=O)CNC(=O)[C@H](CCC(=O)O)NC(=O)[C@H](C)NC(=O)[C@@H](N)Cc1c[nH]cn1)[C@@H](C)O)[C@@H](C)O)C(C)C)C(=O)N[C@@H](CCC(=O)O)C(=O)O. The summed E-state index contributed by atoms with van der Waals surface area (Å²) in [5, 5.41) is 132. The second-order valence-corrected chi connectivity index (χ2v) is 27.7. The maximum atomic E-state index is 14.2. The lowest BCUT2D eigenvalue weighted by molar-refractivity contribution is -0.144. The van der Waals surface area contributed by atoms with Gasteiger partial charge < -0.3 is 136 Å².